The maximum absolute atomic E-state index is 13.4. The monoisotopic (exact) mass is 432 g/mol. The van der Waals surface area contributed by atoms with Gasteiger partial charge in [0.2, 0.25) is 5.91 Å². The molecular formula is C22H25ClN2O3S. The van der Waals surface area contributed by atoms with Gasteiger partial charge in [-0.3, -0.25) is 9.10 Å². The summed E-state index contributed by atoms with van der Waals surface area (Å²) in [6, 6.07) is 13.4. The minimum absolute atomic E-state index is 0.108. The van der Waals surface area contributed by atoms with E-state index in [0.717, 1.165) is 18.4 Å². The molecule has 5 nitrogen and oxygen atoms in total. The zero-order valence-electron chi connectivity index (χ0n) is 16.3. The first-order valence-corrected chi connectivity index (χ1v) is 11.8. The zero-order chi connectivity index (χ0) is 20.6. The van der Waals surface area contributed by atoms with Crippen LogP contribution in [0.1, 0.15) is 31.2 Å². The number of rotatable bonds is 6. The summed E-state index contributed by atoms with van der Waals surface area (Å²) in [4.78, 5) is 12.9. The van der Waals surface area contributed by atoms with Crippen molar-refractivity contribution in [2.24, 2.45) is 11.8 Å². The molecule has 7 heteroatoms. The van der Waals surface area contributed by atoms with Crippen molar-refractivity contribution in [3.8, 4) is 0 Å². The van der Waals surface area contributed by atoms with E-state index in [9.17, 15) is 13.2 Å². The van der Waals surface area contributed by atoms with Gasteiger partial charge in [0.15, 0.2) is 0 Å². The Kier molecular flexibility index (Phi) is 5.58. The smallest absolute Gasteiger partial charge is 0.264 e. The topological polar surface area (TPSA) is 66.5 Å². The number of fused-ring (bicyclic) bond motifs is 2. The van der Waals surface area contributed by atoms with Crippen molar-refractivity contribution in [2.75, 3.05) is 10.8 Å². The standard InChI is InChI=1S/C22H25ClN2O3S/c1-15-3-2-4-19(11-15)25(29(27,28)20-9-7-18(23)8-10-20)14-22(26)24-21-13-16-5-6-17(21)12-16/h2-4,7-11,16-17,21H,5-6,12-14H2,1H3,(H,24,26). The number of halogens is 1. The van der Waals surface area contributed by atoms with E-state index in [1.165, 1.54) is 41.4 Å². The Bertz CT molecular complexity index is 1010. The van der Waals surface area contributed by atoms with Crippen LogP contribution in [-0.2, 0) is 14.8 Å². The van der Waals surface area contributed by atoms with Gasteiger partial charge in [-0.25, -0.2) is 8.42 Å². The van der Waals surface area contributed by atoms with Gasteiger partial charge in [0, 0.05) is 11.1 Å². The molecule has 0 saturated heterocycles. The third-order valence-electron chi connectivity index (χ3n) is 6.06. The molecule has 0 radical (unpaired) electrons. The first-order valence-electron chi connectivity index (χ1n) is 9.97. The van der Waals surface area contributed by atoms with Gasteiger partial charge in [-0.2, -0.15) is 0 Å². The van der Waals surface area contributed by atoms with Crippen LogP contribution in [-0.4, -0.2) is 26.9 Å². The van der Waals surface area contributed by atoms with Crippen molar-refractivity contribution in [3.05, 3.63) is 59.1 Å². The molecule has 0 heterocycles. The van der Waals surface area contributed by atoms with Gasteiger partial charge in [0.25, 0.3) is 10.0 Å². The number of sulfonamides is 1. The van der Waals surface area contributed by atoms with E-state index in [1.54, 1.807) is 18.2 Å². The number of benzene rings is 2. The average molecular weight is 433 g/mol. The summed E-state index contributed by atoms with van der Waals surface area (Å²) < 4.78 is 27.9. The van der Waals surface area contributed by atoms with Crippen molar-refractivity contribution in [2.45, 2.75) is 43.5 Å². The number of hydrogen-bond acceptors (Lipinski definition) is 3. The summed E-state index contributed by atoms with van der Waals surface area (Å²) in [7, 11) is -3.91. The highest BCUT2D eigenvalue weighted by Crippen LogP contribution is 2.44. The molecule has 154 valence electrons. The summed E-state index contributed by atoms with van der Waals surface area (Å²) in [5.74, 6) is 0.974. The summed E-state index contributed by atoms with van der Waals surface area (Å²) in [5, 5.41) is 3.55. The van der Waals surface area contributed by atoms with Crippen molar-refractivity contribution in [1.29, 1.82) is 0 Å². The lowest BCUT2D eigenvalue weighted by Gasteiger charge is -2.27. The molecule has 2 fully saturated rings. The number of nitrogens with zero attached hydrogens (tertiary/aromatic N) is 1. The number of carbonyl (C=O) groups is 1. The maximum atomic E-state index is 13.4. The summed E-state index contributed by atoms with van der Waals surface area (Å²) in [6.45, 7) is 1.65. The van der Waals surface area contributed by atoms with Gasteiger partial charge in [0.1, 0.15) is 6.54 Å². The highest BCUT2D eigenvalue weighted by molar-refractivity contribution is 7.92. The Morgan fingerprint density at radius 1 is 1.14 bits per heavy atom. The fraction of sp³-hybridized carbons (Fsp3) is 0.409. The van der Waals surface area contributed by atoms with Crippen molar-refractivity contribution in [1.82, 2.24) is 5.32 Å². The van der Waals surface area contributed by atoms with Crippen LogP contribution in [0.2, 0.25) is 5.02 Å². The third-order valence-corrected chi connectivity index (χ3v) is 8.10. The predicted octanol–water partition coefficient (Wildman–Crippen LogP) is 4.15. The Balaban J connectivity index is 1.60. The van der Waals surface area contributed by atoms with Crippen LogP contribution in [0.5, 0.6) is 0 Å². The van der Waals surface area contributed by atoms with Crippen LogP contribution in [0, 0.1) is 18.8 Å². The molecule has 2 aromatic rings. The normalized spacial score (nSPS) is 23.2. The molecular weight excluding hydrogens is 408 g/mol. The minimum atomic E-state index is -3.91. The van der Waals surface area contributed by atoms with Crippen LogP contribution >= 0.6 is 11.6 Å². The van der Waals surface area contributed by atoms with E-state index in [2.05, 4.69) is 5.32 Å². The second-order valence-corrected chi connectivity index (χ2v) is 10.5. The summed E-state index contributed by atoms with van der Waals surface area (Å²) in [6.07, 6.45) is 4.58. The molecule has 2 aliphatic carbocycles. The molecule has 3 unspecified atom stereocenters. The van der Waals surface area contributed by atoms with E-state index < -0.39 is 10.0 Å². The fourth-order valence-electron chi connectivity index (χ4n) is 4.64. The second kappa shape index (κ2) is 8.00. The molecule has 2 aliphatic rings. The van der Waals surface area contributed by atoms with E-state index in [0.29, 0.717) is 22.5 Å². The molecule has 3 atom stereocenters. The van der Waals surface area contributed by atoms with E-state index in [1.807, 2.05) is 13.0 Å². The molecule has 4 rings (SSSR count). The Morgan fingerprint density at radius 3 is 2.52 bits per heavy atom. The van der Waals surface area contributed by atoms with Gasteiger partial charge in [-0.05, 0) is 80.0 Å². The first-order chi connectivity index (χ1) is 13.8. The Labute approximate surface area is 177 Å². The lowest BCUT2D eigenvalue weighted by molar-refractivity contribution is -0.120. The van der Waals surface area contributed by atoms with E-state index in [4.69, 9.17) is 11.6 Å². The summed E-state index contributed by atoms with van der Waals surface area (Å²) >= 11 is 5.92. The van der Waals surface area contributed by atoms with Gasteiger partial charge in [-0.1, -0.05) is 30.2 Å². The fourth-order valence-corrected chi connectivity index (χ4v) is 6.18. The predicted molar refractivity (Wildman–Crippen MR) is 115 cm³/mol. The number of anilines is 1. The van der Waals surface area contributed by atoms with Crippen molar-refractivity contribution in [3.63, 3.8) is 0 Å². The van der Waals surface area contributed by atoms with Crippen molar-refractivity contribution < 1.29 is 13.2 Å². The van der Waals surface area contributed by atoms with Gasteiger partial charge in [-0.15, -0.1) is 0 Å². The van der Waals surface area contributed by atoms with Crippen LogP contribution in [0.15, 0.2) is 53.4 Å². The van der Waals surface area contributed by atoms with Crippen LogP contribution in [0.4, 0.5) is 5.69 Å². The van der Waals surface area contributed by atoms with Crippen LogP contribution in [0.25, 0.3) is 0 Å². The van der Waals surface area contributed by atoms with Gasteiger partial charge >= 0.3 is 0 Å². The maximum Gasteiger partial charge on any atom is 0.264 e. The quantitative estimate of drug-likeness (QED) is 0.745. The first kappa shape index (κ1) is 20.2. The molecule has 0 aromatic heterocycles. The highest BCUT2D eigenvalue weighted by Gasteiger charge is 2.40. The molecule has 0 spiro atoms. The van der Waals surface area contributed by atoms with Gasteiger partial charge < -0.3 is 5.32 Å². The van der Waals surface area contributed by atoms with Crippen LogP contribution < -0.4 is 9.62 Å². The van der Waals surface area contributed by atoms with Crippen molar-refractivity contribution >= 4 is 33.2 Å². The number of hydrogen-bond donors (Lipinski definition) is 1. The van der Waals surface area contributed by atoms with E-state index in [-0.39, 0.29) is 23.4 Å². The average Bonchev–Trinajstić information content (AvgIpc) is 3.29. The largest absolute Gasteiger partial charge is 0.352 e. The lowest BCUT2D eigenvalue weighted by atomic mass is 9.95. The number of amides is 1. The van der Waals surface area contributed by atoms with E-state index >= 15 is 0 Å². The number of nitrogens with one attached hydrogen (secondary N) is 1. The molecule has 1 amide bonds. The second-order valence-electron chi connectivity index (χ2n) is 8.15. The Hall–Kier alpha value is -2.05. The number of aryl methyl sites for hydroxylation is 1. The van der Waals surface area contributed by atoms with Gasteiger partial charge in [0.05, 0.1) is 10.6 Å². The molecule has 29 heavy (non-hydrogen) atoms. The molecule has 2 saturated carbocycles. The minimum Gasteiger partial charge on any atom is -0.352 e. The molecule has 2 aromatic carbocycles. The summed E-state index contributed by atoms with van der Waals surface area (Å²) in [5.41, 5.74) is 1.40. The SMILES string of the molecule is Cc1cccc(N(CC(=O)NC2CC3CCC2C3)S(=O)(=O)c2ccc(Cl)cc2)c1. The molecule has 1 N–H and O–H groups in total. The third kappa shape index (κ3) is 4.28. The Morgan fingerprint density at radius 2 is 1.90 bits per heavy atom. The van der Waals surface area contributed by atoms with Crippen LogP contribution in [0.3, 0.4) is 0 Å². The highest BCUT2D eigenvalue weighted by atomic mass is 35.5. The lowest BCUT2D eigenvalue weighted by Crippen LogP contribution is -2.46. The molecule has 2 bridgehead atoms. The number of carbonyl (C=O) groups excluding carboxylic acids is 1. The zero-order valence-corrected chi connectivity index (χ0v) is 17.9. The molecule has 0 aliphatic heterocycles.